The molecule has 2 aromatic heterocycles. The van der Waals surface area contributed by atoms with E-state index in [1.165, 1.54) is 38.6 Å². The molecule has 2 fully saturated rings. The van der Waals surface area contributed by atoms with Crippen LogP contribution < -0.4 is 5.32 Å². The number of thiophene rings is 1. The molecule has 2 aromatic rings. The molecule has 5 nitrogen and oxygen atoms in total. The van der Waals surface area contributed by atoms with Crippen molar-refractivity contribution in [3.63, 3.8) is 0 Å². The molecule has 1 aliphatic heterocycles. The van der Waals surface area contributed by atoms with E-state index in [4.69, 9.17) is 4.74 Å². The predicted octanol–water partition coefficient (Wildman–Crippen LogP) is 5.13. The van der Waals surface area contributed by atoms with E-state index >= 15 is 0 Å². The highest BCUT2D eigenvalue weighted by Crippen LogP contribution is 2.33. The number of nitrogens with one attached hydrogen (secondary N) is 1. The van der Waals surface area contributed by atoms with E-state index in [1.807, 2.05) is 7.11 Å². The zero-order valence-corrected chi connectivity index (χ0v) is 18.8. The third-order valence-corrected chi connectivity index (χ3v) is 7.71. The fourth-order valence-corrected chi connectivity index (χ4v) is 5.89. The van der Waals surface area contributed by atoms with E-state index in [0.717, 1.165) is 49.7 Å². The number of fused-ring (bicyclic) bond motifs is 1. The fraction of sp³-hybridized carbons (Fsp3) is 0.727. The van der Waals surface area contributed by atoms with Crippen LogP contribution in [0.5, 0.6) is 0 Å². The van der Waals surface area contributed by atoms with Crippen molar-refractivity contribution in [2.45, 2.75) is 57.2 Å². The molecule has 0 unspecified atom stereocenters. The van der Waals surface area contributed by atoms with Crippen molar-refractivity contribution in [2.24, 2.45) is 11.8 Å². The highest BCUT2D eigenvalue weighted by molar-refractivity contribution is 7.18. The Kier molecular flexibility index (Phi) is 7.33. The number of hydrogen-bond donors (Lipinski definition) is 1. The van der Waals surface area contributed by atoms with Crippen LogP contribution in [0.3, 0.4) is 0 Å². The van der Waals surface area contributed by atoms with Gasteiger partial charge in [0.25, 0.3) is 0 Å². The summed E-state index contributed by atoms with van der Waals surface area (Å²) in [6.07, 6.45) is 3.92. The molecule has 0 aromatic carbocycles. The molecule has 1 saturated carbocycles. The average molecular weight is 457 g/mol. The number of rotatable bonds is 7. The van der Waals surface area contributed by atoms with E-state index in [2.05, 4.69) is 20.2 Å². The van der Waals surface area contributed by atoms with Gasteiger partial charge in [0, 0.05) is 25.1 Å². The van der Waals surface area contributed by atoms with Gasteiger partial charge in [-0.25, -0.2) is 9.97 Å². The first kappa shape index (κ1) is 22.7. The minimum absolute atomic E-state index is 0.277. The Morgan fingerprint density at radius 3 is 2.52 bits per heavy atom. The van der Waals surface area contributed by atoms with Crippen molar-refractivity contribution in [3.8, 4) is 0 Å². The van der Waals surface area contributed by atoms with Gasteiger partial charge in [-0.1, -0.05) is 0 Å². The van der Waals surface area contributed by atoms with E-state index in [0.29, 0.717) is 28.1 Å². The highest BCUT2D eigenvalue weighted by atomic mass is 32.1. The zero-order chi connectivity index (χ0) is 21.8. The summed E-state index contributed by atoms with van der Waals surface area (Å²) in [5, 5.41) is 4.07. The van der Waals surface area contributed by atoms with Crippen LogP contribution in [0.15, 0.2) is 12.4 Å². The normalized spacial score (nSPS) is 24.0. The Hall–Kier alpha value is -1.45. The van der Waals surface area contributed by atoms with Gasteiger partial charge in [0.1, 0.15) is 17.0 Å². The molecule has 1 N–H and O–H groups in total. The average Bonchev–Trinajstić information content (AvgIpc) is 3.15. The maximum atomic E-state index is 12.7. The number of anilines is 1. The monoisotopic (exact) mass is 456 g/mol. The van der Waals surface area contributed by atoms with Gasteiger partial charge in [0.15, 0.2) is 0 Å². The maximum absolute atomic E-state index is 12.7. The summed E-state index contributed by atoms with van der Waals surface area (Å²) in [6.45, 7) is 4.22. The van der Waals surface area contributed by atoms with Crippen molar-refractivity contribution in [1.82, 2.24) is 14.9 Å². The topological polar surface area (TPSA) is 50.3 Å². The number of aromatic nitrogens is 2. The summed E-state index contributed by atoms with van der Waals surface area (Å²) in [7, 11) is 1.82. The van der Waals surface area contributed by atoms with Crippen LogP contribution in [0, 0.1) is 11.8 Å². The SMILES string of the molecule is COC1CCC(CN2CCC(CNc3ncnc4sc(CC(F)(F)F)cc34)CC2)CC1. The highest BCUT2D eigenvalue weighted by Gasteiger charge is 2.29. The Morgan fingerprint density at radius 1 is 1.10 bits per heavy atom. The van der Waals surface area contributed by atoms with Crippen molar-refractivity contribution >= 4 is 27.4 Å². The van der Waals surface area contributed by atoms with E-state index in [1.54, 1.807) is 6.07 Å². The van der Waals surface area contributed by atoms with Crippen LogP contribution >= 0.6 is 11.3 Å². The van der Waals surface area contributed by atoms with Gasteiger partial charge >= 0.3 is 6.18 Å². The van der Waals surface area contributed by atoms with Crippen LogP contribution in [-0.2, 0) is 11.2 Å². The van der Waals surface area contributed by atoms with Crippen molar-refractivity contribution in [2.75, 3.05) is 38.6 Å². The number of alkyl halides is 3. The van der Waals surface area contributed by atoms with Crippen LogP contribution in [0.1, 0.15) is 43.4 Å². The Labute approximate surface area is 185 Å². The number of halogens is 3. The predicted molar refractivity (Wildman–Crippen MR) is 118 cm³/mol. The molecule has 1 saturated heterocycles. The van der Waals surface area contributed by atoms with Crippen molar-refractivity contribution < 1.29 is 17.9 Å². The van der Waals surface area contributed by atoms with Crippen LogP contribution in [-0.4, -0.2) is 60.4 Å². The first-order valence-electron chi connectivity index (χ1n) is 11.2. The van der Waals surface area contributed by atoms with E-state index in [-0.39, 0.29) is 4.88 Å². The second-order valence-electron chi connectivity index (χ2n) is 8.95. The summed E-state index contributed by atoms with van der Waals surface area (Å²) in [5.41, 5.74) is 0. The van der Waals surface area contributed by atoms with Crippen molar-refractivity contribution in [1.29, 1.82) is 0 Å². The lowest BCUT2D eigenvalue weighted by molar-refractivity contribution is -0.126. The van der Waals surface area contributed by atoms with E-state index < -0.39 is 12.6 Å². The van der Waals surface area contributed by atoms with Crippen LogP contribution in [0.2, 0.25) is 0 Å². The molecule has 4 rings (SSSR count). The number of likely N-dealkylation sites (tertiary alicyclic amines) is 1. The lowest BCUT2D eigenvalue weighted by Gasteiger charge is -2.36. The molecule has 31 heavy (non-hydrogen) atoms. The first-order chi connectivity index (χ1) is 14.9. The number of methoxy groups -OCH3 is 1. The molecule has 0 bridgehead atoms. The Bertz CT molecular complexity index is 843. The number of piperidine rings is 1. The molecule has 2 aliphatic rings. The maximum Gasteiger partial charge on any atom is 0.393 e. The van der Waals surface area contributed by atoms with Crippen molar-refractivity contribution in [3.05, 3.63) is 17.3 Å². The zero-order valence-electron chi connectivity index (χ0n) is 18.0. The first-order valence-corrected chi connectivity index (χ1v) is 12.0. The summed E-state index contributed by atoms with van der Waals surface area (Å²) in [6, 6.07) is 1.58. The molecule has 0 amide bonds. The summed E-state index contributed by atoms with van der Waals surface area (Å²) < 4.78 is 43.6. The lowest BCUT2D eigenvalue weighted by Crippen LogP contribution is -2.39. The molecule has 0 radical (unpaired) electrons. The number of nitrogens with zero attached hydrogens (tertiary/aromatic N) is 3. The number of ether oxygens (including phenoxy) is 1. The van der Waals surface area contributed by atoms with Crippen LogP contribution in [0.4, 0.5) is 19.0 Å². The molecule has 3 heterocycles. The Morgan fingerprint density at radius 2 is 1.84 bits per heavy atom. The third kappa shape index (κ3) is 6.29. The molecule has 172 valence electrons. The Balaban J connectivity index is 1.25. The lowest BCUT2D eigenvalue weighted by atomic mass is 9.86. The van der Waals surface area contributed by atoms with Gasteiger partial charge in [-0.05, 0) is 69.5 Å². The molecule has 0 spiro atoms. The van der Waals surface area contributed by atoms with Gasteiger partial charge in [-0.3, -0.25) is 0 Å². The quantitative estimate of drug-likeness (QED) is 0.626. The second-order valence-corrected chi connectivity index (χ2v) is 10.1. The third-order valence-electron chi connectivity index (χ3n) is 6.66. The van der Waals surface area contributed by atoms with Gasteiger partial charge in [0.05, 0.1) is 17.9 Å². The summed E-state index contributed by atoms with van der Waals surface area (Å²) >= 11 is 1.09. The van der Waals surface area contributed by atoms with Crippen LogP contribution in [0.25, 0.3) is 10.2 Å². The minimum atomic E-state index is -4.21. The largest absolute Gasteiger partial charge is 0.393 e. The summed E-state index contributed by atoms with van der Waals surface area (Å²) in [4.78, 5) is 11.9. The standard InChI is InChI=1S/C22H31F3N4OS/c1-30-17-4-2-16(3-5-17)13-29-8-6-15(7-9-29)12-26-20-19-10-18(11-22(23,24)25)31-21(19)28-14-27-20/h10,14-17H,2-9,11-13H2,1H3,(H,26,27,28). The van der Waals surface area contributed by atoms with Gasteiger partial charge in [0.2, 0.25) is 0 Å². The minimum Gasteiger partial charge on any atom is -0.381 e. The van der Waals surface area contributed by atoms with Gasteiger partial charge in [-0.15, -0.1) is 11.3 Å². The van der Waals surface area contributed by atoms with E-state index in [9.17, 15) is 13.2 Å². The molecule has 1 aliphatic carbocycles. The molecular weight excluding hydrogens is 425 g/mol. The fourth-order valence-electron chi connectivity index (χ4n) is 4.86. The number of hydrogen-bond acceptors (Lipinski definition) is 6. The smallest absolute Gasteiger partial charge is 0.381 e. The molecular formula is C22H31F3N4OS. The summed E-state index contributed by atoms with van der Waals surface area (Å²) in [5.74, 6) is 1.99. The molecule has 9 heteroatoms. The van der Waals surface area contributed by atoms with Gasteiger partial charge in [-0.2, -0.15) is 13.2 Å². The van der Waals surface area contributed by atoms with Gasteiger partial charge < -0.3 is 15.0 Å². The second kappa shape index (κ2) is 10.0. The molecule has 0 atom stereocenters.